The Balaban J connectivity index is 2.07. The van der Waals surface area contributed by atoms with Crippen LogP contribution in [-0.4, -0.2) is 42.2 Å². The number of nitriles is 1. The molecule has 0 bridgehead atoms. The predicted octanol–water partition coefficient (Wildman–Crippen LogP) is 3.21. The molecule has 1 aliphatic heterocycles. The van der Waals surface area contributed by atoms with Crippen LogP contribution < -0.4 is 15.5 Å². The quantitative estimate of drug-likeness (QED) is 0.365. The number of carbonyl (C=O) groups excluding carboxylic acids is 1. The summed E-state index contributed by atoms with van der Waals surface area (Å²) >= 11 is 1.38. The number of thioether (sulfide) groups is 1. The Morgan fingerprint density at radius 3 is 2.81 bits per heavy atom. The summed E-state index contributed by atoms with van der Waals surface area (Å²) < 4.78 is 5.33. The van der Waals surface area contributed by atoms with Crippen LogP contribution >= 0.6 is 11.8 Å². The van der Waals surface area contributed by atoms with Crippen LogP contribution in [0.4, 0.5) is 16.2 Å². The van der Waals surface area contributed by atoms with E-state index in [-0.39, 0.29) is 6.04 Å². The molecule has 1 heterocycles. The average Bonchev–Trinajstić information content (AvgIpc) is 3.01. The van der Waals surface area contributed by atoms with Gasteiger partial charge < -0.3 is 15.0 Å². The van der Waals surface area contributed by atoms with Crippen LogP contribution in [0.3, 0.4) is 0 Å². The van der Waals surface area contributed by atoms with E-state index >= 15 is 0 Å². The molecule has 1 aliphatic rings. The number of hydrogen-bond donors (Lipinski definition) is 2. The second kappa shape index (κ2) is 8.81. The molecule has 1 amide bonds. The van der Waals surface area contributed by atoms with Crippen molar-refractivity contribution in [2.45, 2.75) is 38.8 Å². The Morgan fingerprint density at radius 1 is 1.42 bits per heavy atom. The van der Waals surface area contributed by atoms with Gasteiger partial charge >= 0.3 is 6.09 Å². The summed E-state index contributed by atoms with van der Waals surface area (Å²) in [6.45, 7) is 7.04. The fourth-order valence-corrected chi connectivity index (χ4v) is 3.02. The molecule has 1 aromatic rings. The molecule has 1 aromatic carbocycles. The topological polar surface area (TPSA) is 89.8 Å². The summed E-state index contributed by atoms with van der Waals surface area (Å²) in [6, 6.07) is 7.82. The highest BCUT2D eigenvalue weighted by atomic mass is 32.2. The van der Waals surface area contributed by atoms with Gasteiger partial charge in [0.15, 0.2) is 11.4 Å². The van der Waals surface area contributed by atoms with Crippen molar-refractivity contribution in [1.82, 2.24) is 10.6 Å². The lowest BCUT2D eigenvalue weighted by Gasteiger charge is -2.23. The van der Waals surface area contributed by atoms with E-state index in [1.807, 2.05) is 57.5 Å². The number of nitrogens with one attached hydrogen (secondary N) is 2. The highest BCUT2D eigenvalue weighted by molar-refractivity contribution is 8.13. The van der Waals surface area contributed by atoms with Crippen LogP contribution in [0.25, 0.3) is 0 Å². The first-order valence-corrected chi connectivity index (χ1v) is 9.66. The van der Waals surface area contributed by atoms with Crippen LogP contribution in [0.2, 0.25) is 0 Å². The van der Waals surface area contributed by atoms with Crippen molar-refractivity contribution in [2.24, 2.45) is 4.99 Å². The third kappa shape index (κ3) is 5.85. The number of aliphatic imine (C=N–C) groups is 1. The zero-order chi connectivity index (χ0) is 19.2. The van der Waals surface area contributed by atoms with Crippen LogP contribution in [0.1, 0.15) is 27.2 Å². The Kier molecular flexibility index (Phi) is 6.75. The maximum atomic E-state index is 12.0. The second-order valence-corrected chi connectivity index (χ2v) is 7.72. The zero-order valence-corrected chi connectivity index (χ0v) is 16.4. The van der Waals surface area contributed by atoms with Crippen LogP contribution in [0.5, 0.6) is 0 Å². The average molecular weight is 375 g/mol. The summed E-state index contributed by atoms with van der Waals surface area (Å²) in [6.07, 6.45) is 4.21. The number of alkyl carbamates (subject to hydrolysis) is 1. The van der Waals surface area contributed by atoms with E-state index in [1.54, 1.807) is 0 Å². The lowest BCUT2D eigenvalue weighted by atomic mass is 10.2. The molecule has 0 aromatic heterocycles. The molecule has 1 unspecified atom stereocenters. The Bertz CT molecular complexity index is 708. The van der Waals surface area contributed by atoms with Crippen molar-refractivity contribution < 1.29 is 9.53 Å². The minimum atomic E-state index is -0.508. The molecule has 2 N–H and O–H groups in total. The van der Waals surface area contributed by atoms with Gasteiger partial charge in [0.25, 0.3) is 0 Å². The molecule has 1 saturated heterocycles. The molecule has 0 saturated carbocycles. The van der Waals surface area contributed by atoms with Gasteiger partial charge in [0.1, 0.15) is 5.60 Å². The lowest BCUT2D eigenvalue weighted by molar-refractivity contribution is 0.0509. The minimum Gasteiger partial charge on any atom is -0.444 e. The van der Waals surface area contributed by atoms with Crippen molar-refractivity contribution in [3.8, 4) is 6.19 Å². The highest BCUT2D eigenvalue weighted by Crippen LogP contribution is 2.31. The number of anilines is 1. The normalized spacial score (nSPS) is 17.6. The number of para-hydroxylation sites is 2. The first-order chi connectivity index (χ1) is 12.3. The number of rotatable bonds is 3. The van der Waals surface area contributed by atoms with E-state index < -0.39 is 11.7 Å². The number of nitrogens with zero attached hydrogens (tertiary/aromatic N) is 3. The molecule has 26 heavy (non-hydrogen) atoms. The number of benzene rings is 1. The molecular formula is C18H25N5O2S. The van der Waals surface area contributed by atoms with E-state index in [0.29, 0.717) is 11.7 Å². The van der Waals surface area contributed by atoms with Gasteiger partial charge in [-0.2, -0.15) is 5.26 Å². The SMILES string of the molecule is CSC(=Nc1ccccc1N1CCC(NC(=O)OC(C)(C)C)C1)NC#N. The monoisotopic (exact) mass is 375 g/mol. The fourth-order valence-electron chi connectivity index (χ4n) is 2.68. The summed E-state index contributed by atoms with van der Waals surface area (Å²) in [5, 5.41) is 14.9. The predicted molar refractivity (Wildman–Crippen MR) is 106 cm³/mol. The maximum Gasteiger partial charge on any atom is 0.407 e. The van der Waals surface area contributed by atoms with Gasteiger partial charge in [0.05, 0.1) is 17.4 Å². The molecule has 0 radical (unpaired) electrons. The smallest absolute Gasteiger partial charge is 0.407 e. The third-order valence-electron chi connectivity index (χ3n) is 3.71. The largest absolute Gasteiger partial charge is 0.444 e. The Morgan fingerprint density at radius 2 is 2.15 bits per heavy atom. The van der Waals surface area contributed by atoms with Crippen molar-refractivity contribution in [3.63, 3.8) is 0 Å². The van der Waals surface area contributed by atoms with Crippen molar-refractivity contribution >= 4 is 34.4 Å². The van der Waals surface area contributed by atoms with Gasteiger partial charge in [0.2, 0.25) is 0 Å². The van der Waals surface area contributed by atoms with E-state index in [2.05, 4.69) is 20.5 Å². The van der Waals surface area contributed by atoms with Gasteiger partial charge in [0, 0.05) is 13.1 Å². The van der Waals surface area contributed by atoms with Crippen LogP contribution in [0, 0.1) is 11.5 Å². The number of amides is 1. The Hall–Kier alpha value is -2.40. The van der Waals surface area contributed by atoms with Crippen molar-refractivity contribution in [2.75, 3.05) is 24.2 Å². The molecule has 2 rings (SSSR count). The van der Waals surface area contributed by atoms with Crippen molar-refractivity contribution in [3.05, 3.63) is 24.3 Å². The molecule has 1 atom stereocenters. The van der Waals surface area contributed by atoms with E-state index in [9.17, 15) is 4.79 Å². The van der Waals surface area contributed by atoms with Gasteiger partial charge in [-0.15, -0.1) is 0 Å². The van der Waals surface area contributed by atoms with E-state index in [1.165, 1.54) is 11.8 Å². The number of hydrogen-bond acceptors (Lipinski definition) is 6. The number of amidine groups is 1. The van der Waals surface area contributed by atoms with Crippen LogP contribution in [-0.2, 0) is 4.74 Å². The molecule has 1 fully saturated rings. The third-order valence-corrected chi connectivity index (χ3v) is 4.29. The molecule has 7 nitrogen and oxygen atoms in total. The standard InChI is InChI=1S/C18H25N5O2S/c1-18(2,3)25-17(24)21-13-9-10-23(11-13)15-8-6-5-7-14(15)22-16(26-4)20-12-19/h5-8,13H,9-11H2,1-4H3,(H,20,22)(H,21,24). The molecule has 0 spiro atoms. The summed E-state index contributed by atoms with van der Waals surface area (Å²) in [7, 11) is 0. The van der Waals surface area contributed by atoms with Crippen LogP contribution in [0.15, 0.2) is 29.3 Å². The number of ether oxygens (including phenoxy) is 1. The van der Waals surface area contributed by atoms with Gasteiger partial charge in [-0.3, -0.25) is 5.32 Å². The van der Waals surface area contributed by atoms with Gasteiger partial charge in [-0.1, -0.05) is 23.9 Å². The summed E-state index contributed by atoms with van der Waals surface area (Å²) in [5.74, 6) is 0. The zero-order valence-electron chi connectivity index (χ0n) is 15.6. The lowest BCUT2D eigenvalue weighted by Crippen LogP contribution is -2.40. The molecule has 0 aliphatic carbocycles. The van der Waals surface area contributed by atoms with E-state index in [0.717, 1.165) is 24.3 Å². The maximum absolute atomic E-state index is 12.0. The van der Waals surface area contributed by atoms with Crippen molar-refractivity contribution in [1.29, 1.82) is 5.26 Å². The molecular weight excluding hydrogens is 350 g/mol. The minimum absolute atomic E-state index is 0.0270. The fraction of sp³-hybridized carbons (Fsp3) is 0.500. The van der Waals surface area contributed by atoms with Gasteiger partial charge in [-0.25, -0.2) is 9.79 Å². The van der Waals surface area contributed by atoms with E-state index in [4.69, 9.17) is 10.00 Å². The first-order valence-electron chi connectivity index (χ1n) is 8.43. The second-order valence-electron chi connectivity index (χ2n) is 6.92. The Labute approximate surface area is 158 Å². The summed E-state index contributed by atoms with van der Waals surface area (Å²) in [5.41, 5.74) is 1.26. The first kappa shape index (κ1) is 19.9. The summed E-state index contributed by atoms with van der Waals surface area (Å²) in [4.78, 5) is 18.7. The molecule has 140 valence electrons. The van der Waals surface area contributed by atoms with Gasteiger partial charge in [-0.05, 0) is 45.6 Å². The number of carbonyl (C=O) groups is 1. The highest BCUT2D eigenvalue weighted by Gasteiger charge is 2.27. The molecule has 8 heteroatoms.